The van der Waals surface area contributed by atoms with Crippen LogP contribution in [0.1, 0.15) is 206 Å². The highest BCUT2D eigenvalue weighted by Gasteiger charge is 2.27. The fourth-order valence-corrected chi connectivity index (χ4v) is 7.31. The SMILES string of the molecule is CC/C=C\C/C=C\C/C=C\C/C=C\CCCCCCCOCC(COP(=O)(O)OCC(N)C(=O)O)OC(=O)CCCCCCCCCCC/C=C\CCCCCCCCCC. The maximum atomic E-state index is 12.7. The van der Waals surface area contributed by atoms with Crippen LogP contribution in [-0.4, -0.2) is 60.5 Å². The van der Waals surface area contributed by atoms with Crippen molar-refractivity contribution in [3.63, 3.8) is 0 Å². The van der Waals surface area contributed by atoms with Gasteiger partial charge in [0.1, 0.15) is 12.1 Å². The summed E-state index contributed by atoms with van der Waals surface area (Å²) in [5.74, 6) is -1.79. The number of carboxylic acids is 1. The third-order valence-electron chi connectivity index (χ3n) is 10.3. The van der Waals surface area contributed by atoms with Crippen LogP contribution >= 0.6 is 7.82 Å². The standard InChI is InChI=1S/C50H90NO9P/c1-3-5-7-9-11-13-15-17-19-21-23-24-25-26-28-30-32-34-36-38-40-42-49(52)60-47(45-58-61(55,56)59-46-48(51)50(53)54)44-57-43-41-39-37-35-33-31-29-27-22-20-18-16-14-12-10-8-6-4-2/h6,8,12,14,18,20-21,23,27,29,47-48H,3-5,7,9-11,13,15-17,19,22,24-26,28,30-46,51H2,1-2H3,(H,53,54)(H,55,56)/b8-6-,14-12-,20-18-,23-21-,29-27-. The molecule has 0 aliphatic heterocycles. The molecule has 0 bridgehead atoms. The Bertz CT molecular complexity index is 1200. The van der Waals surface area contributed by atoms with E-state index in [-0.39, 0.29) is 13.0 Å². The van der Waals surface area contributed by atoms with E-state index in [1.165, 1.54) is 96.3 Å². The Morgan fingerprint density at radius 1 is 0.541 bits per heavy atom. The van der Waals surface area contributed by atoms with Crippen LogP contribution in [0.4, 0.5) is 0 Å². The zero-order chi connectivity index (χ0) is 44.8. The van der Waals surface area contributed by atoms with Crippen molar-refractivity contribution in [2.45, 2.75) is 219 Å². The molecule has 0 aliphatic carbocycles. The summed E-state index contributed by atoms with van der Waals surface area (Å²) in [7, 11) is -4.63. The fourth-order valence-electron chi connectivity index (χ4n) is 6.53. The van der Waals surface area contributed by atoms with Gasteiger partial charge >= 0.3 is 19.8 Å². The lowest BCUT2D eigenvalue weighted by Crippen LogP contribution is -2.34. The van der Waals surface area contributed by atoms with Crippen molar-refractivity contribution in [1.29, 1.82) is 0 Å². The smallest absolute Gasteiger partial charge is 0.472 e. The van der Waals surface area contributed by atoms with E-state index in [0.29, 0.717) is 13.0 Å². The Kier molecular flexibility index (Phi) is 43.9. The Morgan fingerprint density at radius 3 is 1.44 bits per heavy atom. The van der Waals surface area contributed by atoms with Crippen LogP contribution in [0, 0.1) is 0 Å². The van der Waals surface area contributed by atoms with E-state index >= 15 is 0 Å². The average molecular weight is 880 g/mol. The third-order valence-corrected chi connectivity index (χ3v) is 11.2. The molecule has 0 spiro atoms. The van der Waals surface area contributed by atoms with E-state index in [1.807, 2.05) is 0 Å². The number of unbranched alkanes of at least 4 members (excludes halogenated alkanes) is 22. The predicted molar refractivity (Wildman–Crippen MR) is 254 cm³/mol. The van der Waals surface area contributed by atoms with Gasteiger partial charge in [0.2, 0.25) is 0 Å². The second kappa shape index (κ2) is 45.7. The van der Waals surface area contributed by atoms with Gasteiger partial charge in [-0.05, 0) is 77.0 Å². The number of carboxylic acid groups (broad SMARTS) is 1. The summed E-state index contributed by atoms with van der Waals surface area (Å²) in [5, 5.41) is 8.92. The van der Waals surface area contributed by atoms with Gasteiger partial charge in [0.25, 0.3) is 0 Å². The van der Waals surface area contributed by atoms with Crippen LogP contribution in [0.3, 0.4) is 0 Å². The van der Waals surface area contributed by atoms with Gasteiger partial charge in [-0.3, -0.25) is 18.6 Å². The monoisotopic (exact) mass is 880 g/mol. The first-order valence-corrected chi connectivity index (χ1v) is 25.8. The first kappa shape index (κ1) is 58.7. The van der Waals surface area contributed by atoms with Crippen molar-refractivity contribution in [1.82, 2.24) is 0 Å². The van der Waals surface area contributed by atoms with Crippen LogP contribution in [0.2, 0.25) is 0 Å². The van der Waals surface area contributed by atoms with Crippen LogP contribution < -0.4 is 5.73 Å². The second-order valence-electron chi connectivity index (χ2n) is 16.2. The third kappa shape index (κ3) is 45.5. The molecule has 3 unspecified atom stereocenters. The highest BCUT2D eigenvalue weighted by Crippen LogP contribution is 2.43. The quantitative estimate of drug-likeness (QED) is 0.0233. The number of nitrogens with two attached hydrogens (primary N) is 1. The average Bonchev–Trinajstić information content (AvgIpc) is 3.24. The summed E-state index contributed by atoms with van der Waals surface area (Å²) >= 11 is 0. The first-order chi connectivity index (χ1) is 29.7. The molecule has 0 amide bonds. The van der Waals surface area contributed by atoms with Crippen molar-refractivity contribution in [3.05, 3.63) is 60.8 Å². The minimum absolute atomic E-state index is 0.00179. The molecule has 0 radical (unpaired) electrons. The van der Waals surface area contributed by atoms with Gasteiger partial charge in [0, 0.05) is 13.0 Å². The number of phosphoric ester groups is 1. The van der Waals surface area contributed by atoms with E-state index in [1.54, 1.807) is 0 Å². The van der Waals surface area contributed by atoms with E-state index in [2.05, 4.69) is 74.6 Å². The molecule has 0 fully saturated rings. The number of allylic oxidation sites excluding steroid dienone is 10. The fraction of sp³-hybridized carbons (Fsp3) is 0.760. The minimum Gasteiger partial charge on any atom is -0.480 e. The second-order valence-corrected chi connectivity index (χ2v) is 17.7. The van der Waals surface area contributed by atoms with Gasteiger partial charge in [-0.1, -0.05) is 184 Å². The maximum Gasteiger partial charge on any atom is 0.472 e. The van der Waals surface area contributed by atoms with Crippen LogP contribution in [-0.2, 0) is 32.7 Å². The number of carbonyl (C=O) groups excluding carboxylic acids is 1. The normalized spacial score (nSPS) is 14.3. The van der Waals surface area contributed by atoms with E-state index in [0.717, 1.165) is 83.5 Å². The molecule has 0 heterocycles. The summed E-state index contributed by atoms with van der Waals surface area (Å²) in [6, 6.07) is -1.48. The van der Waals surface area contributed by atoms with Crippen LogP contribution in [0.15, 0.2) is 60.8 Å². The van der Waals surface area contributed by atoms with Gasteiger partial charge in [0.05, 0.1) is 19.8 Å². The number of hydrogen-bond acceptors (Lipinski definition) is 8. The van der Waals surface area contributed by atoms with E-state index < -0.39 is 45.1 Å². The highest BCUT2D eigenvalue weighted by atomic mass is 31.2. The number of ether oxygens (including phenoxy) is 2. The summed E-state index contributed by atoms with van der Waals surface area (Å²) in [4.78, 5) is 33.6. The van der Waals surface area contributed by atoms with Crippen LogP contribution in [0.25, 0.3) is 0 Å². The molecule has 354 valence electrons. The molecule has 0 rings (SSSR count). The van der Waals surface area contributed by atoms with E-state index in [9.17, 15) is 19.0 Å². The lowest BCUT2D eigenvalue weighted by Gasteiger charge is -2.20. The van der Waals surface area contributed by atoms with E-state index in [4.69, 9.17) is 29.4 Å². The summed E-state index contributed by atoms with van der Waals surface area (Å²) < 4.78 is 33.4. The molecule has 0 aliphatic rings. The number of hydrogen-bond donors (Lipinski definition) is 3. The lowest BCUT2D eigenvalue weighted by atomic mass is 10.1. The van der Waals surface area contributed by atoms with Crippen molar-refractivity contribution in [2.75, 3.05) is 26.4 Å². The number of rotatable bonds is 46. The Balaban J connectivity index is 4.21. The molecule has 0 saturated heterocycles. The lowest BCUT2D eigenvalue weighted by molar-refractivity contribution is -0.154. The molecular weight excluding hydrogens is 790 g/mol. The van der Waals surface area contributed by atoms with Crippen LogP contribution in [0.5, 0.6) is 0 Å². The van der Waals surface area contributed by atoms with Gasteiger partial charge < -0.3 is 25.2 Å². The topological polar surface area (TPSA) is 155 Å². The minimum atomic E-state index is -4.63. The Hall–Kier alpha value is -2.33. The number of phosphoric acid groups is 1. The molecule has 61 heavy (non-hydrogen) atoms. The molecule has 0 aromatic heterocycles. The Labute approximate surface area is 372 Å². The number of esters is 1. The zero-order valence-corrected chi connectivity index (χ0v) is 39.6. The van der Waals surface area contributed by atoms with Gasteiger partial charge in [-0.15, -0.1) is 0 Å². The van der Waals surface area contributed by atoms with Gasteiger partial charge in [0.15, 0.2) is 0 Å². The molecule has 11 heteroatoms. The van der Waals surface area contributed by atoms with Crippen molar-refractivity contribution < 1.29 is 42.7 Å². The zero-order valence-electron chi connectivity index (χ0n) is 38.7. The first-order valence-electron chi connectivity index (χ1n) is 24.3. The molecule has 10 nitrogen and oxygen atoms in total. The number of carbonyl (C=O) groups is 2. The Morgan fingerprint density at radius 2 is 0.951 bits per heavy atom. The summed E-state index contributed by atoms with van der Waals surface area (Å²) in [5.41, 5.74) is 5.37. The van der Waals surface area contributed by atoms with Gasteiger partial charge in [-0.25, -0.2) is 4.57 Å². The summed E-state index contributed by atoms with van der Waals surface area (Å²) in [6.07, 6.45) is 55.6. The predicted octanol–water partition coefficient (Wildman–Crippen LogP) is 14.0. The molecule has 0 aromatic carbocycles. The van der Waals surface area contributed by atoms with Crippen molar-refractivity contribution in [2.24, 2.45) is 5.73 Å². The highest BCUT2D eigenvalue weighted by molar-refractivity contribution is 7.47. The molecular formula is C50H90NO9P. The molecule has 0 saturated carbocycles. The molecule has 3 atom stereocenters. The maximum absolute atomic E-state index is 12.7. The summed E-state index contributed by atoms with van der Waals surface area (Å²) in [6.45, 7) is 3.73. The number of aliphatic carboxylic acids is 1. The molecule has 4 N–H and O–H groups in total. The molecule has 0 aromatic rings. The largest absolute Gasteiger partial charge is 0.480 e. The van der Waals surface area contributed by atoms with Gasteiger partial charge in [-0.2, -0.15) is 0 Å². The van der Waals surface area contributed by atoms with Crippen molar-refractivity contribution >= 4 is 19.8 Å². The van der Waals surface area contributed by atoms with Crippen molar-refractivity contribution in [3.8, 4) is 0 Å².